The zero-order chi connectivity index (χ0) is 14.4. The van der Waals surface area contributed by atoms with Gasteiger partial charge in [-0.05, 0) is 5.56 Å². The van der Waals surface area contributed by atoms with E-state index in [0.29, 0.717) is 0 Å². The highest BCUT2D eigenvalue weighted by Crippen LogP contribution is 2.23. The van der Waals surface area contributed by atoms with Gasteiger partial charge in [0.05, 0.1) is 25.0 Å². The van der Waals surface area contributed by atoms with E-state index < -0.39 is 30.3 Å². The van der Waals surface area contributed by atoms with Crippen molar-refractivity contribution in [2.45, 2.75) is 25.0 Å². The topological polar surface area (TPSA) is 124 Å². The molecule has 6 nitrogen and oxygen atoms in total. The lowest BCUT2D eigenvalue weighted by Gasteiger charge is -2.19. The maximum atomic E-state index is 11.7. The summed E-state index contributed by atoms with van der Waals surface area (Å²) >= 11 is 0. The van der Waals surface area contributed by atoms with E-state index in [1.54, 1.807) is 18.2 Å². The quantitative estimate of drug-likeness (QED) is 0.625. The van der Waals surface area contributed by atoms with Gasteiger partial charge in [0, 0.05) is 5.56 Å². The zero-order valence-corrected chi connectivity index (χ0v) is 10.1. The lowest BCUT2D eigenvalue weighted by atomic mass is 9.94. The fourth-order valence-corrected chi connectivity index (χ4v) is 1.70. The van der Waals surface area contributed by atoms with Crippen molar-refractivity contribution in [2.75, 3.05) is 0 Å². The van der Waals surface area contributed by atoms with E-state index >= 15 is 0 Å². The number of primary amides is 1. The van der Waals surface area contributed by atoms with Crippen molar-refractivity contribution < 1.29 is 19.8 Å². The number of Topliss-reactive ketones (excluding diaryl/α,β-unsaturated/α-hetero) is 1. The number of rotatable bonds is 6. The number of hydrogen-bond donors (Lipinski definition) is 3. The monoisotopic (exact) mass is 262 g/mol. The molecule has 0 bridgehead atoms. The van der Waals surface area contributed by atoms with Crippen molar-refractivity contribution in [1.82, 2.24) is 0 Å². The van der Waals surface area contributed by atoms with Crippen LogP contribution in [0.3, 0.4) is 0 Å². The van der Waals surface area contributed by atoms with Gasteiger partial charge in [-0.1, -0.05) is 24.3 Å². The summed E-state index contributed by atoms with van der Waals surface area (Å²) in [6.45, 7) is 0. The van der Waals surface area contributed by atoms with Gasteiger partial charge in [0.25, 0.3) is 0 Å². The Hall–Kier alpha value is -2.23. The largest absolute Gasteiger partial charge is 0.390 e. The number of aliphatic hydroxyl groups excluding tert-OH is 2. The molecule has 1 aromatic rings. The number of nitriles is 1. The molecule has 0 radical (unpaired) electrons. The molecule has 2 atom stereocenters. The number of carbonyl (C=O) groups is 2. The highest BCUT2D eigenvalue weighted by molar-refractivity contribution is 5.98. The molecule has 0 spiro atoms. The van der Waals surface area contributed by atoms with E-state index in [-0.39, 0.29) is 17.5 Å². The summed E-state index contributed by atoms with van der Waals surface area (Å²) in [5.41, 5.74) is 5.26. The van der Waals surface area contributed by atoms with Gasteiger partial charge in [-0.2, -0.15) is 5.26 Å². The number of nitrogens with zero attached hydrogens (tertiary/aromatic N) is 1. The maximum absolute atomic E-state index is 11.7. The second kappa shape index (κ2) is 6.64. The van der Waals surface area contributed by atoms with Crippen molar-refractivity contribution >= 4 is 11.7 Å². The molecule has 1 aromatic carbocycles. The fourth-order valence-electron chi connectivity index (χ4n) is 1.70. The molecule has 100 valence electrons. The van der Waals surface area contributed by atoms with E-state index in [2.05, 4.69) is 0 Å². The van der Waals surface area contributed by atoms with Crippen LogP contribution in [0.1, 0.15) is 34.9 Å². The van der Waals surface area contributed by atoms with Gasteiger partial charge < -0.3 is 15.9 Å². The Morgan fingerprint density at radius 1 is 1.32 bits per heavy atom. The predicted octanol–water partition coefficient (Wildman–Crippen LogP) is 0.0527. The summed E-state index contributed by atoms with van der Waals surface area (Å²) in [4.78, 5) is 22.4. The van der Waals surface area contributed by atoms with Crippen LogP contribution >= 0.6 is 0 Å². The van der Waals surface area contributed by atoms with E-state index in [9.17, 15) is 19.8 Å². The Kier molecular flexibility index (Phi) is 5.18. The SMILES string of the molecule is N#CCC(=O)c1ccccc1C(O)C(O)CC(N)=O. The summed E-state index contributed by atoms with van der Waals surface area (Å²) in [6.07, 6.45) is -3.54. The first-order valence-corrected chi connectivity index (χ1v) is 5.61. The number of hydrogen-bond acceptors (Lipinski definition) is 5. The molecular weight excluding hydrogens is 248 g/mol. The normalized spacial score (nSPS) is 13.3. The van der Waals surface area contributed by atoms with Crippen LogP contribution in [0.25, 0.3) is 0 Å². The number of carbonyl (C=O) groups excluding carboxylic acids is 2. The molecular formula is C13H14N2O4. The van der Waals surface area contributed by atoms with Crippen molar-refractivity contribution in [1.29, 1.82) is 5.26 Å². The third-order valence-electron chi connectivity index (χ3n) is 2.59. The van der Waals surface area contributed by atoms with Crippen LogP contribution in [-0.2, 0) is 4.79 Å². The minimum absolute atomic E-state index is 0.153. The Labute approximate surface area is 110 Å². The third-order valence-corrected chi connectivity index (χ3v) is 2.59. The minimum Gasteiger partial charge on any atom is -0.390 e. The van der Waals surface area contributed by atoms with Crippen LogP contribution in [-0.4, -0.2) is 28.0 Å². The molecule has 4 N–H and O–H groups in total. The van der Waals surface area contributed by atoms with Crippen molar-refractivity contribution in [3.63, 3.8) is 0 Å². The van der Waals surface area contributed by atoms with Gasteiger partial charge in [-0.25, -0.2) is 0 Å². The van der Waals surface area contributed by atoms with Crippen LogP contribution < -0.4 is 5.73 Å². The van der Waals surface area contributed by atoms with Crippen LogP contribution in [0.5, 0.6) is 0 Å². The first-order chi connectivity index (χ1) is 8.97. The Balaban J connectivity index is 3.03. The molecule has 0 aromatic heterocycles. The highest BCUT2D eigenvalue weighted by atomic mass is 16.3. The first kappa shape index (κ1) is 14.8. The average molecular weight is 262 g/mol. The standard InChI is InChI=1S/C13H14N2O4/c14-6-5-10(16)8-3-1-2-4-9(8)13(19)11(17)7-12(15)18/h1-4,11,13,17,19H,5,7H2,(H2,15,18). The number of ketones is 1. The summed E-state index contributed by atoms with van der Waals surface area (Å²) < 4.78 is 0. The van der Waals surface area contributed by atoms with Gasteiger partial charge in [-0.15, -0.1) is 0 Å². The molecule has 2 unspecified atom stereocenters. The molecule has 1 amide bonds. The molecule has 6 heteroatoms. The summed E-state index contributed by atoms with van der Waals surface area (Å²) in [5.74, 6) is -1.21. The maximum Gasteiger partial charge on any atom is 0.220 e. The Morgan fingerprint density at radius 3 is 2.53 bits per heavy atom. The predicted molar refractivity (Wildman–Crippen MR) is 65.8 cm³/mol. The van der Waals surface area contributed by atoms with Gasteiger partial charge >= 0.3 is 0 Å². The van der Waals surface area contributed by atoms with Crippen LogP contribution in [0.2, 0.25) is 0 Å². The Morgan fingerprint density at radius 2 is 1.95 bits per heavy atom. The lowest BCUT2D eigenvalue weighted by Crippen LogP contribution is -2.26. The Bertz CT molecular complexity index is 522. The van der Waals surface area contributed by atoms with Gasteiger partial charge in [0.15, 0.2) is 5.78 Å². The second-order valence-electron chi connectivity index (χ2n) is 4.03. The van der Waals surface area contributed by atoms with Crippen LogP contribution in [0.4, 0.5) is 0 Å². The van der Waals surface area contributed by atoms with E-state index in [0.717, 1.165) is 0 Å². The average Bonchev–Trinajstić information content (AvgIpc) is 2.37. The fraction of sp³-hybridized carbons (Fsp3) is 0.308. The van der Waals surface area contributed by atoms with Crippen molar-refractivity contribution in [2.24, 2.45) is 5.73 Å². The molecule has 19 heavy (non-hydrogen) atoms. The van der Waals surface area contributed by atoms with Crippen LogP contribution in [0.15, 0.2) is 24.3 Å². The van der Waals surface area contributed by atoms with Gasteiger partial charge in [-0.3, -0.25) is 9.59 Å². The zero-order valence-electron chi connectivity index (χ0n) is 10.1. The van der Waals surface area contributed by atoms with Gasteiger partial charge in [0.2, 0.25) is 5.91 Å². The summed E-state index contributed by atoms with van der Waals surface area (Å²) in [7, 11) is 0. The van der Waals surface area contributed by atoms with E-state index in [1.165, 1.54) is 12.1 Å². The number of nitrogens with two attached hydrogens (primary N) is 1. The first-order valence-electron chi connectivity index (χ1n) is 5.61. The molecule has 0 saturated carbocycles. The van der Waals surface area contributed by atoms with Gasteiger partial charge in [0.1, 0.15) is 6.10 Å². The minimum atomic E-state index is -1.41. The van der Waals surface area contributed by atoms with Crippen molar-refractivity contribution in [3.05, 3.63) is 35.4 Å². The summed E-state index contributed by atoms with van der Waals surface area (Å²) in [6, 6.07) is 7.80. The van der Waals surface area contributed by atoms with E-state index in [1.807, 2.05) is 0 Å². The summed E-state index contributed by atoms with van der Waals surface area (Å²) in [5, 5.41) is 28.1. The molecule has 0 aliphatic carbocycles. The molecule has 0 fully saturated rings. The van der Waals surface area contributed by atoms with Crippen molar-refractivity contribution in [3.8, 4) is 6.07 Å². The highest BCUT2D eigenvalue weighted by Gasteiger charge is 2.24. The number of aliphatic hydroxyl groups is 2. The lowest BCUT2D eigenvalue weighted by molar-refractivity contribution is -0.121. The molecule has 1 rings (SSSR count). The molecule has 0 aliphatic heterocycles. The smallest absolute Gasteiger partial charge is 0.220 e. The van der Waals surface area contributed by atoms with E-state index in [4.69, 9.17) is 11.0 Å². The molecule has 0 aliphatic rings. The van der Waals surface area contributed by atoms with Crippen LogP contribution in [0, 0.1) is 11.3 Å². The number of amides is 1. The molecule has 0 heterocycles. The third kappa shape index (κ3) is 3.88. The second-order valence-corrected chi connectivity index (χ2v) is 4.03. The molecule has 0 saturated heterocycles. The number of benzene rings is 1.